The first-order valence-electron chi connectivity index (χ1n) is 12.4. The average molecular weight is 546 g/mol. The monoisotopic (exact) mass is 545 g/mol. The summed E-state index contributed by atoms with van der Waals surface area (Å²) in [7, 11) is -5.46. The second-order valence-corrected chi connectivity index (χ2v) is 14.3. The molecule has 0 spiro atoms. The van der Waals surface area contributed by atoms with Gasteiger partial charge in [0.1, 0.15) is 21.4 Å². The lowest BCUT2D eigenvalue weighted by Gasteiger charge is -2.23. The predicted octanol–water partition coefficient (Wildman–Crippen LogP) is 3.81. The van der Waals surface area contributed by atoms with Gasteiger partial charge in [-0.15, -0.1) is 0 Å². The molecule has 1 amide bonds. The molecule has 11 heteroatoms. The number of nitrogens with zero attached hydrogens (tertiary/aromatic N) is 2. The highest BCUT2D eigenvalue weighted by Crippen LogP contribution is 2.47. The molecule has 1 aromatic carbocycles. The van der Waals surface area contributed by atoms with Crippen LogP contribution in [0.4, 0.5) is 5.82 Å². The lowest BCUT2D eigenvalue weighted by molar-refractivity contribution is 0.0964. The first kappa shape index (κ1) is 25.7. The molecule has 198 valence electrons. The summed E-state index contributed by atoms with van der Waals surface area (Å²) in [5.41, 5.74) is 3.25. The maximum atomic E-state index is 13.0. The van der Waals surface area contributed by atoms with E-state index in [2.05, 4.69) is 22.4 Å². The normalized spacial score (nSPS) is 16.2. The summed E-state index contributed by atoms with van der Waals surface area (Å²) in [4.78, 5) is 17.7. The number of carbonyl (C=O) groups excluding carboxylic acids is 1. The van der Waals surface area contributed by atoms with E-state index < -0.39 is 19.9 Å². The Bertz CT molecular complexity index is 1570. The van der Waals surface area contributed by atoms with Crippen molar-refractivity contribution in [3.63, 3.8) is 0 Å². The minimum atomic E-state index is -3.76. The fourth-order valence-electron chi connectivity index (χ4n) is 4.70. The second-order valence-electron chi connectivity index (χ2n) is 10.1. The highest BCUT2D eigenvalue weighted by atomic mass is 32.2. The van der Waals surface area contributed by atoms with Crippen LogP contribution in [-0.2, 0) is 19.9 Å². The van der Waals surface area contributed by atoms with Crippen LogP contribution >= 0.6 is 0 Å². The molecule has 2 aliphatic rings. The summed E-state index contributed by atoms with van der Waals surface area (Å²) >= 11 is 0. The Hall–Kier alpha value is -2.92. The van der Waals surface area contributed by atoms with Gasteiger partial charge in [0.25, 0.3) is 5.91 Å². The fourth-order valence-corrected chi connectivity index (χ4v) is 6.27. The molecule has 5 rings (SSSR count). The van der Waals surface area contributed by atoms with Crippen molar-refractivity contribution in [2.24, 2.45) is 0 Å². The average Bonchev–Trinajstić information content (AvgIpc) is 3.75. The lowest BCUT2D eigenvalue weighted by atomic mass is 10.0. The molecule has 2 heterocycles. The number of carbonyl (C=O) groups is 1. The van der Waals surface area contributed by atoms with Gasteiger partial charge in [-0.1, -0.05) is 24.3 Å². The molecule has 2 fully saturated rings. The Morgan fingerprint density at radius 3 is 2.24 bits per heavy atom. The van der Waals surface area contributed by atoms with E-state index in [1.54, 1.807) is 7.05 Å². The van der Waals surface area contributed by atoms with Crippen molar-refractivity contribution in [1.82, 2.24) is 10.3 Å². The Morgan fingerprint density at radius 1 is 1.05 bits per heavy atom. The van der Waals surface area contributed by atoms with Gasteiger partial charge in [-0.2, -0.15) is 4.98 Å². The van der Waals surface area contributed by atoms with Crippen LogP contribution in [0.3, 0.4) is 0 Å². The van der Waals surface area contributed by atoms with Crippen LogP contribution in [0.15, 0.2) is 34.7 Å². The smallest absolute Gasteiger partial charge is 0.255 e. The Morgan fingerprint density at radius 2 is 1.70 bits per heavy atom. The van der Waals surface area contributed by atoms with E-state index >= 15 is 0 Å². The van der Waals surface area contributed by atoms with Crippen molar-refractivity contribution in [2.45, 2.75) is 43.9 Å². The van der Waals surface area contributed by atoms with Gasteiger partial charge in [0.05, 0.1) is 23.0 Å². The van der Waals surface area contributed by atoms with Crippen LogP contribution < -0.4 is 9.62 Å². The summed E-state index contributed by atoms with van der Waals surface area (Å²) in [6.45, 7) is -0.0252. The van der Waals surface area contributed by atoms with Crippen LogP contribution in [0.5, 0.6) is 0 Å². The molecule has 2 aliphatic carbocycles. The number of nitrogens with one attached hydrogen (secondary N) is 1. The summed E-state index contributed by atoms with van der Waals surface area (Å²) in [5, 5.41) is 3.21. The van der Waals surface area contributed by atoms with Gasteiger partial charge in [-0.3, -0.25) is 9.10 Å². The number of benzene rings is 1. The van der Waals surface area contributed by atoms with Crippen LogP contribution in [0.2, 0.25) is 0 Å². The van der Waals surface area contributed by atoms with Gasteiger partial charge >= 0.3 is 0 Å². The van der Waals surface area contributed by atoms with Crippen molar-refractivity contribution in [1.29, 1.82) is 0 Å². The summed E-state index contributed by atoms with van der Waals surface area (Å²) in [6.07, 6.45) is 6.47. The number of anilines is 1. The molecular weight excluding hydrogens is 514 g/mol. The van der Waals surface area contributed by atoms with E-state index in [1.807, 2.05) is 18.2 Å². The van der Waals surface area contributed by atoms with Gasteiger partial charge in [0.2, 0.25) is 15.7 Å². The summed E-state index contributed by atoms with van der Waals surface area (Å²) in [6, 6.07) is 9.80. The molecule has 0 bridgehead atoms. The number of sulfonamides is 1. The van der Waals surface area contributed by atoms with Crippen molar-refractivity contribution in [2.75, 3.05) is 36.2 Å². The summed E-state index contributed by atoms with van der Waals surface area (Å²) < 4.78 is 56.2. The summed E-state index contributed by atoms with van der Waals surface area (Å²) in [5.74, 6) is 0.870. The Labute approximate surface area is 217 Å². The molecule has 9 nitrogen and oxygen atoms in total. The highest BCUT2D eigenvalue weighted by Gasteiger charge is 2.34. The number of pyridine rings is 1. The molecule has 0 radical (unpaired) electrons. The number of furan rings is 1. The fraction of sp³-hybridized carbons (Fsp3) is 0.462. The molecule has 2 saturated carbocycles. The zero-order chi connectivity index (χ0) is 26.5. The van der Waals surface area contributed by atoms with Crippen LogP contribution in [0.1, 0.15) is 65.4 Å². The topological polar surface area (TPSA) is 127 Å². The zero-order valence-electron chi connectivity index (χ0n) is 21.2. The molecule has 37 heavy (non-hydrogen) atoms. The van der Waals surface area contributed by atoms with E-state index in [9.17, 15) is 21.6 Å². The third kappa shape index (κ3) is 5.52. The number of hydrogen-bond donors (Lipinski definition) is 1. The number of aromatic nitrogens is 1. The van der Waals surface area contributed by atoms with Crippen molar-refractivity contribution in [3.05, 3.63) is 47.0 Å². The number of amides is 1. The zero-order valence-corrected chi connectivity index (χ0v) is 22.8. The van der Waals surface area contributed by atoms with E-state index in [0.717, 1.165) is 40.8 Å². The van der Waals surface area contributed by atoms with Crippen molar-refractivity contribution in [3.8, 4) is 11.3 Å². The molecule has 2 aromatic heterocycles. The standard InChI is InChI=1S/C26H31N3O6S2/c1-27-25(30)22-21-15-20(18-9-10-18)24(29(37(3,33)34)13-4-14-36(2,31)32)28-26(21)35-23(22)19-11-7-17(8-12-19)16-5-6-16/h7-8,11-12,15-16,18H,4-6,9-10,13-14H2,1-3H3,(H,27,30). The Balaban J connectivity index is 1.64. The molecule has 0 atom stereocenters. The molecule has 3 aromatic rings. The van der Waals surface area contributed by atoms with Gasteiger partial charge < -0.3 is 9.73 Å². The van der Waals surface area contributed by atoms with Gasteiger partial charge in [0.15, 0.2) is 0 Å². The van der Waals surface area contributed by atoms with Gasteiger partial charge in [-0.25, -0.2) is 16.8 Å². The van der Waals surface area contributed by atoms with Crippen molar-refractivity contribution < 1.29 is 26.0 Å². The molecule has 0 unspecified atom stereocenters. The van der Waals surface area contributed by atoms with E-state index in [-0.39, 0.29) is 42.1 Å². The SMILES string of the molecule is CNC(=O)c1c(-c2ccc(C3CC3)cc2)oc2nc(N(CCCS(C)(=O)=O)S(C)(=O)=O)c(C3CC3)cc12. The number of rotatable bonds is 10. The first-order chi connectivity index (χ1) is 17.5. The number of fused-ring (bicyclic) bond motifs is 1. The molecule has 0 aliphatic heterocycles. The maximum absolute atomic E-state index is 13.0. The van der Waals surface area contributed by atoms with Crippen molar-refractivity contribution >= 4 is 42.7 Å². The van der Waals surface area contributed by atoms with Crippen LogP contribution in [-0.4, -0.2) is 59.6 Å². The third-order valence-corrected chi connectivity index (χ3v) is 9.08. The van der Waals surface area contributed by atoms with E-state index in [0.29, 0.717) is 22.6 Å². The minimum absolute atomic E-state index is 0.0252. The number of sulfone groups is 1. The third-order valence-electron chi connectivity index (χ3n) is 6.90. The highest BCUT2D eigenvalue weighted by molar-refractivity contribution is 7.92. The van der Waals surface area contributed by atoms with Crippen LogP contribution in [0, 0.1) is 0 Å². The largest absolute Gasteiger partial charge is 0.437 e. The minimum Gasteiger partial charge on any atom is -0.437 e. The van der Waals surface area contributed by atoms with E-state index in [1.165, 1.54) is 18.4 Å². The molecule has 1 N–H and O–H groups in total. The maximum Gasteiger partial charge on any atom is 0.255 e. The molecular formula is C26H31N3O6S2. The van der Waals surface area contributed by atoms with E-state index in [4.69, 9.17) is 4.42 Å². The van der Waals surface area contributed by atoms with Gasteiger partial charge in [-0.05, 0) is 61.1 Å². The quantitative estimate of drug-likeness (QED) is 0.410. The number of hydrogen-bond acceptors (Lipinski definition) is 7. The first-order valence-corrected chi connectivity index (χ1v) is 16.3. The second kappa shape index (κ2) is 9.43. The molecule has 0 saturated heterocycles. The van der Waals surface area contributed by atoms with Crippen LogP contribution in [0.25, 0.3) is 22.4 Å². The predicted molar refractivity (Wildman–Crippen MR) is 143 cm³/mol. The Kier molecular flexibility index (Phi) is 6.56. The lowest BCUT2D eigenvalue weighted by Crippen LogP contribution is -2.33. The van der Waals surface area contributed by atoms with Gasteiger partial charge in [0, 0.05) is 25.4 Å².